The van der Waals surface area contributed by atoms with Gasteiger partial charge in [-0.1, -0.05) is 18.0 Å². The van der Waals surface area contributed by atoms with Crippen LogP contribution in [0.5, 0.6) is 0 Å². The van der Waals surface area contributed by atoms with Crippen LogP contribution in [0.15, 0.2) is 18.2 Å². The molecule has 2 aliphatic rings. The van der Waals surface area contributed by atoms with Gasteiger partial charge in [0.05, 0.1) is 10.6 Å². The second kappa shape index (κ2) is 5.89. The highest BCUT2D eigenvalue weighted by Gasteiger charge is 2.39. The van der Waals surface area contributed by atoms with Crippen LogP contribution in [0.2, 0.25) is 5.02 Å². The summed E-state index contributed by atoms with van der Waals surface area (Å²) in [4.78, 5) is 0. The fourth-order valence-corrected chi connectivity index (χ4v) is 4.07. The Labute approximate surface area is 137 Å². The number of benzene rings is 1. The van der Waals surface area contributed by atoms with E-state index in [2.05, 4.69) is 10.6 Å². The molecule has 2 nitrogen and oxygen atoms in total. The van der Waals surface area contributed by atoms with Crippen molar-refractivity contribution in [3.8, 4) is 0 Å². The van der Waals surface area contributed by atoms with E-state index < -0.39 is 11.7 Å². The van der Waals surface area contributed by atoms with Crippen LogP contribution in [0.3, 0.4) is 0 Å². The molecule has 0 spiro atoms. The van der Waals surface area contributed by atoms with Gasteiger partial charge < -0.3 is 10.6 Å². The smallest absolute Gasteiger partial charge is 0.359 e. The predicted octanol–water partition coefficient (Wildman–Crippen LogP) is 4.83. The van der Waals surface area contributed by atoms with E-state index in [0.29, 0.717) is 17.1 Å². The third-order valence-electron chi connectivity index (χ3n) is 4.58. The normalized spacial score (nSPS) is 27.0. The third kappa shape index (κ3) is 3.33. The molecule has 0 unspecified atom stereocenters. The van der Waals surface area contributed by atoms with Gasteiger partial charge in [-0.25, -0.2) is 0 Å². The maximum absolute atomic E-state index is 12.8. The van der Waals surface area contributed by atoms with Crippen LogP contribution in [-0.4, -0.2) is 11.2 Å². The molecular weight excluding hydrogens is 333 g/mol. The number of fused-ring (bicyclic) bond motifs is 2. The van der Waals surface area contributed by atoms with E-state index in [9.17, 15) is 13.2 Å². The molecular formula is C15H16ClF3N2S. The summed E-state index contributed by atoms with van der Waals surface area (Å²) in [6.45, 7) is 0. The highest BCUT2D eigenvalue weighted by Crippen LogP contribution is 2.44. The molecule has 120 valence electrons. The Morgan fingerprint density at radius 1 is 1.23 bits per heavy atom. The van der Waals surface area contributed by atoms with Crippen LogP contribution in [0.25, 0.3) is 0 Å². The van der Waals surface area contributed by atoms with Crippen LogP contribution in [0, 0.1) is 11.8 Å². The Morgan fingerprint density at radius 3 is 2.59 bits per heavy atom. The molecule has 3 rings (SSSR count). The highest BCUT2D eigenvalue weighted by atomic mass is 35.5. The second-order valence-corrected chi connectivity index (χ2v) is 6.89. The Kier molecular flexibility index (Phi) is 4.25. The van der Waals surface area contributed by atoms with Gasteiger partial charge in [0.2, 0.25) is 0 Å². The molecule has 2 N–H and O–H groups in total. The third-order valence-corrected chi connectivity index (χ3v) is 5.13. The van der Waals surface area contributed by atoms with Crippen molar-refractivity contribution in [2.24, 2.45) is 11.8 Å². The first kappa shape index (κ1) is 15.9. The fraction of sp³-hybridized carbons (Fsp3) is 0.533. The average Bonchev–Trinajstić information content (AvgIpc) is 3.02. The standard InChI is InChI=1S/C15H16ClF3N2S/c16-12-4-3-10(7-11(12)15(17,18)19)20-14(22)21-13-6-8-1-2-9(13)5-8/h3-4,7-9,13H,1-2,5-6H2,(H2,20,21,22)/t8-,9-,13-/m0/s1. The molecule has 7 heteroatoms. The molecule has 1 aromatic carbocycles. The summed E-state index contributed by atoms with van der Waals surface area (Å²) >= 11 is 10.8. The van der Waals surface area contributed by atoms with Gasteiger partial charge >= 0.3 is 6.18 Å². The Balaban J connectivity index is 1.64. The lowest BCUT2D eigenvalue weighted by Gasteiger charge is -2.24. The van der Waals surface area contributed by atoms with Crippen molar-refractivity contribution < 1.29 is 13.2 Å². The first-order valence-electron chi connectivity index (χ1n) is 7.27. The van der Waals surface area contributed by atoms with E-state index in [-0.39, 0.29) is 10.7 Å². The van der Waals surface area contributed by atoms with Gasteiger partial charge in [-0.3, -0.25) is 0 Å². The Hall–Kier alpha value is -1.01. The summed E-state index contributed by atoms with van der Waals surface area (Å²) in [5.41, 5.74) is -0.570. The molecule has 22 heavy (non-hydrogen) atoms. The number of thiocarbonyl (C=S) groups is 1. The van der Waals surface area contributed by atoms with Gasteiger partial charge in [-0.05, 0) is 61.5 Å². The zero-order valence-electron chi connectivity index (χ0n) is 11.7. The predicted molar refractivity (Wildman–Crippen MR) is 85.0 cm³/mol. The van der Waals surface area contributed by atoms with Crippen molar-refractivity contribution in [1.29, 1.82) is 0 Å². The van der Waals surface area contributed by atoms with Crippen LogP contribution < -0.4 is 10.6 Å². The number of rotatable bonds is 2. The van der Waals surface area contributed by atoms with Crippen LogP contribution in [0.1, 0.15) is 31.2 Å². The summed E-state index contributed by atoms with van der Waals surface area (Å²) in [6.07, 6.45) is 0.355. The van der Waals surface area contributed by atoms with Crippen LogP contribution in [-0.2, 0) is 6.18 Å². The molecule has 3 atom stereocenters. The van der Waals surface area contributed by atoms with Gasteiger partial charge in [0.15, 0.2) is 5.11 Å². The molecule has 0 heterocycles. The number of alkyl halides is 3. The van der Waals surface area contributed by atoms with E-state index in [1.165, 1.54) is 31.4 Å². The lowest BCUT2D eigenvalue weighted by Crippen LogP contribution is -2.40. The summed E-state index contributed by atoms with van der Waals surface area (Å²) in [7, 11) is 0. The van der Waals surface area contributed by atoms with Crippen LogP contribution >= 0.6 is 23.8 Å². The fourth-order valence-electron chi connectivity index (χ4n) is 3.58. The molecule has 2 aliphatic carbocycles. The largest absolute Gasteiger partial charge is 0.417 e. The Morgan fingerprint density at radius 2 is 2.00 bits per heavy atom. The molecule has 1 aromatic rings. The quantitative estimate of drug-likeness (QED) is 0.748. The molecule has 2 bridgehead atoms. The van der Waals surface area contributed by atoms with E-state index in [4.69, 9.17) is 23.8 Å². The zero-order chi connectivity index (χ0) is 15.9. The molecule has 0 radical (unpaired) electrons. The van der Waals surface area contributed by atoms with Gasteiger partial charge in [-0.2, -0.15) is 13.2 Å². The number of nitrogens with one attached hydrogen (secondary N) is 2. The van der Waals surface area contributed by atoms with Gasteiger partial charge in [0, 0.05) is 11.7 Å². The van der Waals surface area contributed by atoms with Gasteiger partial charge in [0.1, 0.15) is 0 Å². The molecule has 0 saturated heterocycles. The minimum atomic E-state index is -4.48. The summed E-state index contributed by atoms with van der Waals surface area (Å²) in [5.74, 6) is 1.42. The van der Waals surface area contributed by atoms with Crippen molar-refractivity contribution >= 4 is 34.6 Å². The summed E-state index contributed by atoms with van der Waals surface area (Å²) < 4.78 is 38.5. The van der Waals surface area contributed by atoms with Gasteiger partial charge in [-0.15, -0.1) is 0 Å². The molecule has 0 amide bonds. The monoisotopic (exact) mass is 348 g/mol. The van der Waals surface area contributed by atoms with Crippen LogP contribution in [0.4, 0.5) is 18.9 Å². The van der Waals surface area contributed by atoms with E-state index in [1.54, 1.807) is 0 Å². The van der Waals surface area contributed by atoms with E-state index >= 15 is 0 Å². The molecule has 0 aliphatic heterocycles. The topological polar surface area (TPSA) is 24.1 Å². The first-order chi connectivity index (χ1) is 10.3. The number of hydrogen-bond donors (Lipinski definition) is 2. The van der Waals surface area contributed by atoms with Crippen molar-refractivity contribution in [2.45, 2.75) is 37.9 Å². The molecule has 0 aromatic heterocycles. The summed E-state index contributed by atoms with van der Waals surface area (Å²) in [5, 5.41) is 6.12. The molecule has 2 saturated carbocycles. The maximum Gasteiger partial charge on any atom is 0.417 e. The van der Waals surface area contributed by atoms with Gasteiger partial charge in [0.25, 0.3) is 0 Å². The number of anilines is 1. The first-order valence-corrected chi connectivity index (χ1v) is 8.06. The van der Waals surface area contributed by atoms with Crippen molar-refractivity contribution in [3.05, 3.63) is 28.8 Å². The average molecular weight is 349 g/mol. The second-order valence-electron chi connectivity index (χ2n) is 6.07. The minimum Gasteiger partial charge on any atom is -0.359 e. The lowest BCUT2D eigenvalue weighted by atomic mass is 9.96. The van der Waals surface area contributed by atoms with E-state index in [1.807, 2.05) is 0 Å². The summed E-state index contributed by atoms with van der Waals surface area (Å²) in [6, 6.07) is 4.05. The number of hydrogen-bond acceptors (Lipinski definition) is 1. The zero-order valence-corrected chi connectivity index (χ0v) is 13.3. The van der Waals surface area contributed by atoms with Crippen molar-refractivity contribution in [2.75, 3.05) is 5.32 Å². The van der Waals surface area contributed by atoms with Crippen molar-refractivity contribution in [3.63, 3.8) is 0 Å². The molecule has 2 fully saturated rings. The lowest BCUT2D eigenvalue weighted by molar-refractivity contribution is -0.137. The van der Waals surface area contributed by atoms with Crippen molar-refractivity contribution in [1.82, 2.24) is 5.32 Å². The maximum atomic E-state index is 12.8. The minimum absolute atomic E-state index is 0.289. The SMILES string of the molecule is FC(F)(F)c1cc(NC(=S)N[C@H]2C[C@H]3CC[C@H]2C3)ccc1Cl. The number of halogens is 4. The Bertz CT molecular complexity index is 591. The highest BCUT2D eigenvalue weighted by molar-refractivity contribution is 7.80. The van der Waals surface area contributed by atoms with E-state index in [0.717, 1.165) is 18.4 Å².